The normalized spacial score (nSPS) is 11.5. The highest BCUT2D eigenvalue weighted by molar-refractivity contribution is 6.04. The van der Waals surface area contributed by atoms with Crippen LogP contribution in [0.5, 0.6) is 11.5 Å². The van der Waals surface area contributed by atoms with Gasteiger partial charge in [0, 0.05) is 28.0 Å². The van der Waals surface area contributed by atoms with Crippen molar-refractivity contribution in [2.75, 3.05) is 4.90 Å². The van der Waals surface area contributed by atoms with Gasteiger partial charge in [-0.25, -0.2) is 0 Å². The van der Waals surface area contributed by atoms with E-state index in [1.807, 2.05) is 0 Å². The minimum Gasteiger partial charge on any atom is -0.456 e. The molecule has 2 nitrogen and oxygen atoms in total. The molecule has 7 aromatic rings. The van der Waals surface area contributed by atoms with E-state index in [0.29, 0.717) is 0 Å². The van der Waals surface area contributed by atoms with Gasteiger partial charge in [0.2, 0.25) is 0 Å². The third-order valence-electron chi connectivity index (χ3n) is 8.06. The number of hydrogen-bond donors (Lipinski definition) is 0. The molecule has 0 radical (unpaired) electrons. The molecule has 1 aliphatic heterocycles. The summed E-state index contributed by atoms with van der Waals surface area (Å²) in [5.74, 6) is 1.81. The van der Waals surface area contributed by atoms with Gasteiger partial charge < -0.3 is 9.64 Å². The van der Waals surface area contributed by atoms with Crippen molar-refractivity contribution >= 4 is 27.8 Å². The maximum atomic E-state index is 6.42. The molecule has 0 bridgehead atoms. The average molecular weight is 538 g/mol. The van der Waals surface area contributed by atoms with E-state index in [2.05, 4.69) is 169 Å². The number of hydrogen-bond acceptors (Lipinski definition) is 2. The van der Waals surface area contributed by atoms with Gasteiger partial charge in [-0.2, -0.15) is 0 Å². The Morgan fingerprint density at radius 1 is 0.357 bits per heavy atom. The van der Waals surface area contributed by atoms with Gasteiger partial charge >= 0.3 is 0 Å². The van der Waals surface area contributed by atoms with Gasteiger partial charge in [0.05, 0.1) is 0 Å². The van der Waals surface area contributed by atoms with Gasteiger partial charge in [-0.3, -0.25) is 0 Å². The van der Waals surface area contributed by atoms with Crippen LogP contribution in [0.2, 0.25) is 0 Å². The fourth-order valence-electron chi connectivity index (χ4n) is 6.00. The van der Waals surface area contributed by atoms with Gasteiger partial charge in [0.15, 0.2) is 0 Å². The van der Waals surface area contributed by atoms with E-state index in [1.165, 1.54) is 27.5 Å². The zero-order valence-corrected chi connectivity index (χ0v) is 22.9. The second-order valence-corrected chi connectivity index (χ2v) is 10.6. The van der Waals surface area contributed by atoms with E-state index in [1.54, 1.807) is 0 Å². The fraction of sp³-hybridized carbons (Fsp3) is 0. The predicted octanol–water partition coefficient (Wildman–Crippen LogP) is 11.4. The van der Waals surface area contributed by atoms with Crippen molar-refractivity contribution in [1.82, 2.24) is 0 Å². The molecule has 1 aliphatic rings. The molecule has 7 aromatic carbocycles. The monoisotopic (exact) mass is 537 g/mol. The summed E-state index contributed by atoms with van der Waals surface area (Å²) in [5.41, 5.74) is 10.4. The molecular weight excluding hydrogens is 510 g/mol. The number of benzene rings is 7. The van der Waals surface area contributed by atoms with Crippen LogP contribution in [0.15, 0.2) is 164 Å². The van der Waals surface area contributed by atoms with Crippen LogP contribution < -0.4 is 9.64 Å². The molecule has 198 valence electrons. The van der Waals surface area contributed by atoms with Crippen LogP contribution in [0, 0.1) is 0 Å². The smallest absolute Gasteiger partial charge is 0.135 e. The molecule has 0 saturated heterocycles. The molecule has 0 aliphatic carbocycles. The molecule has 1 heterocycles. The summed E-state index contributed by atoms with van der Waals surface area (Å²) in [6.45, 7) is 0. The lowest BCUT2D eigenvalue weighted by Gasteiger charge is -2.26. The largest absolute Gasteiger partial charge is 0.456 e. The summed E-state index contributed by atoms with van der Waals surface area (Å²) < 4.78 is 6.42. The van der Waals surface area contributed by atoms with Crippen LogP contribution in [-0.4, -0.2) is 0 Å². The van der Waals surface area contributed by atoms with Crippen LogP contribution in [-0.2, 0) is 0 Å². The second-order valence-electron chi connectivity index (χ2n) is 10.6. The Kier molecular flexibility index (Phi) is 5.82. The molecule has 0 N–H and O–H groups in total. The average Bonchev–Trinajstić information content (AvgIpc) is 3.06. The molecule has 0 aromatic heterocycles. The Morgan fingerprint density at radius 3 is 1.60 bits per heavy atom. The summed E-state index contributed by atoms with van der Waals surface area (Å²) in [6, 6.07) is 57.9. The highest BCUT2D eigenvalue weighted by atomic mass is 16.5. The van der Waals surface area contributed by atoms with Crippen molar-refractivity contribution in [2.45, 2.75) is 0 Å². The molecule has 0 amide bonds. The highest BCUT2D eigenvalue weighted by Crippen LogP contribution is 2.47. The summed E-state index contributed by atoms with van der Waals surface area (Å²) in [4.78, 5) is 2.30. The first-order valence-electron chi connectivity index (χ1n) is 14.3. The third kappa shape index (κ3) is 4.22. The second kappa shape index (κ2) is 10.1. The van der Waals surface area contributed by atoms with Crippen LogP contribution in [0.25, 0.3) is 44.2 Å². The van der Waals surface area contributed by atoms with Gasteiger partial charge in [0.25, 0.3) is 0 Å². The van der Waals surface area contributed by atoms with E-state index >= 15 is 0 Å². The summed E-state index contributed by atoms with van der Waals surface area (Å²) in [5, 5.41) is 2.38. The van der Waals surface area contributed by atoms with Crippen molar-refractivity contribution in [3.63, 3.8) is 0 Å². The quantitative estimate of drug-likeness (QED) is 0.216. The van der Waals surface area contributed by atoms with Crippen molar-refractivity contribution in [2.24, 2.45) is 0 Å². The Hall–Kier alpha value is -5.60. The maximum Gasteiger partial charge on any atom is 0.135 e. The molecule has 0 atom stereocenters. The molecular formula is C40H27NO. The van der Waals surface area contributed by atoms with E-state index < -0.39 is 0 Å². The van der Waals surface area contributed by atoms with Gasteiger partial charge in [-0.15, -0.1) is 0 Å². The Balaban J connectivity index is 1.14. The van der Waals surface area contributed by atoms with Crippen molar-refractivity contribution in [3.8, 4) is 44.9 Å². The van der Waals surface area contributed by atoms with E-state index in [9.17, 15) is 0 Å². The summed E-state index contributed by atoms with van der Waals surface area (Å²) in [7, 11) is 0. The molecule has 42 heavy (non-hydrogen) atoms. The van der Waals surface area contributed by atoms with E-state index in [-0.39, 0.29) is 0 Å². The van der Waals surface area contributed by atoms with Gasteiger partial charge in [0.1, 0.15) is 11.5 Å². The number of nitrogens with zero attached hydrogens (tertiary/aromatic N) is 1. The van der Waals surface area contributed by atoms with Crippen molar-refractivity contribution in [1.29, 1.82) is 0 Å². The summed E-state index contributed by atoms with van der Waals surface area (Å²) in [6.07, 6.45) is 0. The topological polar surface area (TPSA) is 12.5 Å². The number of para-hydroxylation sites is 1. The first kappa shape index (κ1) is 24.2. The van der Waals surface area contributed by atoms with Crippen molar-refractivity contribution in [3.05, 3.63) is 164 Å². The van der Waals surface area contributed by atoms with Crippen molar-refractivity contribution < 1.29 is 4.74 Å². The van der Waals surface area contributed by atoms with Gasteiger partial charge in [-0.05, 0) is 87.8 Å². The molecule has 0 unspecified atom stereocenters. The Morgan fingerprint density at radius 2 is 0.905 bits per heavy atom. The lowest BCUT2D eigenvalue weighted by atomic mass is 9.93. The Labute approximate surface area is 245 Å². The summed E-state index contributed by atoms with van der Waals surface area (Å²) >= 11 is 0. The minimum absolute atomic E-state index is 0.896. The number of anilines is 3. The van der Waals surface area contributed by atoms with E-state index in [0.717, 1.165) is 45.3 Å². The third-order valence-corrected chi connectivity index (χ3v) is 8.06. The van der Waals surface area contributed by atoms with Crippen LogP contribution in [0.4, 0.5) is 17.1 Å². The minimum atomic E-state index is 0.896. The maximum absolute atomic E-state index is 6.42. The first-order chi connectivity index (χ1) is 20.8. The number of fused-ring (bicyclic) bond motifs is 2. The molecule has 0 spiro atoms. The van der Waals surface area contributed by atoms with E-state index in [4.69, 9.17) is 4.74 Å². The standard InChI is InChI=1S/C40H27NO/c1-3-9-28(10-4-1)29-17-22-34(23-18-29)41(33-13-5-2-6-14-33)35-24-19-30(20-25-35)32-21-26-36-37-15-7-11-31-12-8-16-38(40(31)37)42-39(36)27-32/h1-27H. The van der Waals surface area contributed by atoms with Gasteiger partial charge in [-0.1, -0.05) is 109 Å². The first-order valence-corrected chi connectivity index (χ1v) is 14.3. The Bertz CT molecular complexity index is 2020. The zero-order valence-electron chi connectivity index (χ0n) is 22.9. The number of rotatable bonds is 5. The highest BCUT2D eigenvalue weighted by Gasteiger charge is 2.20. The fourth-order valence-corrected chi connectivity index (χ4v) is 6.00. The molecule has 0 fully saturated rings. The van der Waals surface area contributed by atoms with Crippen LogP contribution in [0.3, 0.4) is 0 Å². The van der Waals surface area contributed by atoms with Crippen LogP contribution in [0.1, 0.15) is 0 Å². The molecule has 2 heteroatoms. The lowest BCUT2D eigenvalue weighted by Crippen LogP contribution is -2.09. The molecule has 0 saturated carbocycles. The lowest BCUT2D eigenvalue weighted by molar-refractivity contribution is 0.487. The SMILES string of the molecule is c1ccc(-c2ccc(N(c3ccccc3)c3ccc(-c4ccc5c(c4)Oc4cccc6cccc-5c46)cc3)cc2)cc1. The molecule has 8 rings (SSSR count). The van der Waals surface area contributed by atoms with Crippen LogP contribution >= 0.6 is 0 Å². The zero-order chi connectivity index (χ0) is 27.9. The predicted molar refractivity (Wildman–Crippen MR) is 175 cm³/mol. The number of ether oxygens (including phenoxy) is 1.